The SMILES string of the molecule is CC(O)CC(C)CNC(=O)c1cc(F)ccc1NC(=O)C1CC1C. The molecule has 2 amide bonds. The summed E-state index contributed by atoms with van der Waals surface area (Å²) in [6.45, 7) is 5.96. The van der Waals surface area contributed by atoms with E-state index in [0.717, 1.165) is 12.5 Å². The van der Waals surface area contributed by atoms with Gasteiger partial charge in [-0.25, -0.2) is 4.39 Å². The van der Waals surface area contributed by atoms with E-state index in [4.69, 9.17) is 0 Å². The van der Waals surface area contributed by atoms with Gasteiger partial charge in [0.1, 0.15) is 5.82 Å². The fourth-order valence-corrected chi connectivity index (χ4v) is 2.75. The Balaban J connectivity index is 2.03. The average Bonchev–Trinajstić information content (AvgIpc) is 3.23. The number of benzene rings is 1. The molecule has 0 aliphatic heterocycles. The molecule has 24 heavy (non-hydrogen) atoms. The molecule has 3 N–H and O–H groups in total. The minimum Gasteiger partial charge on any atom is -0.393 e. The van der Waals surface area contributed by atoms with Crippen molar-refractivity contribution < 1.29 is 19.1 Å². The van der Waals surface area contributed by atoms with Crippen LogP contribution in [0, 0.1) is 23.6 Å². The maximum absolute atomic E-state index is 13.5. The van der Waals surface area contributed by atoms with Gasteiger partial charge in [0, 0.05) is 12.5 Å². The third-order valence-corrected chi connectivity index (χ3v) is 4.28. The summed E-state index contributed by atoms with van der Waals surface area (Å²) < 4.78 is 13.5. The molecular weight excluding hydrogens is 311 g/mol. The Kier molecular flexibility index (Phi) is 5.94. The van der Waals surface area contributed by atoms with E-state index < -0.39 is 17.8 Å². The molecule has 132 valence electrons. The lowest BCUT2D eigenvalue weighted by atomic mass is 10.0. The van der Waals surface area contributed by atoms with Crippen molar-refractivity contribution in [3.8, 4) is 0 Å². The minimum atomic E-state index is -0.532. The van der Waals surface area contributed by atoms with Gasteiger partial charge in [0.05, 0.1) is 17.4 Å². The monoisotopic (exact) mass is 336 g/mol. The topological polar surface area (TPSA) is 78.4 Å². The second kappa shape index (κ2) is 7.75. The zero-order valence-corrected chi connectivity index (χ0v) is 14.3. The molecule has 2 rings (SSSR count). The number of halogens is 1. The Labute approximate surface area is 141 Å². The van der Waals surface area contributed by atoms with Crippen LogP contribution in [0.4, 0.5) is 10.1 Å². The summed E-state index contributed by atoms with van der Waals surface area (Å²) in [6.07, 6.45) is 0.958. The van der Waals surface area contributed by atoms with E-state index in [2.05, 4.69) is 10.6 Å². The lowest BCUT2D eigenvalue weighted by Gasteiger charge is -2.16. The molecule has 6 heteroatoms. The Morgan fingerprint density at radius 1 is 1.38 bits per heavy atom. The van der Waals surface area contributed by atoms with Gasteiger partial charge in [0.15, 0.2) is 0 Å². The van der Waals surface area contributed by atoms with Crippen LogP contribution in [0.25, 0.3) is 0 Å². The van der Waals surface area contributed by atoms with Crippen molar-refractivity contribution in [2.24, 2.45) is 17.8 Å². The Morgan fingerprint density at radius 2 is 2.04 bits per heavy atom. The van der Waals surface area contributed by atoms with Crippen molar-refractivity contribution in [3.63, 3.8) is 0 Å². The van der Waals surface area contributed by atoms with Gasteiger partial charge < -0.3 is 15.7 Å². The number of amides is 2. The smallest absolute Gasteiger partial charge is 0.253 e. The van der Waals surface area contributed by atoms with Crippen LogP contribution in [0.3, 0.4) is 0 Å². The molecule has 0 bridgehead atoms. The lowest BCUT2D eigenvalue weighted by Crippen LogP contribution is -2.30. The van der Waals surface area contributed by atoms with E-state index >= 15 is 0 Å². The fourth-order valence-electron chi connectivity index (χ4n) is 2.75. The van der Waals surface area contributed by atoms with Gasteiger partial charge in [-0.3, -0.25) is 9.59 Å². The number of hydrogen-bond donors (Lipinski definition) is 3. The third kappa shape index (κ3) is 5.03. The highest BCUT2D eigenvalue weighted by molar-refractivity contribution is 6.04. The van der Waals surface area contributed by atoms with Crippen LogP contribution in [0.5, 0.6) is 0 Å². The summed E-state index contributed by atoms with van der Waals surface area (Å²) in [4.78, 5) is 24.4. The van der Waals surface area contributed by atoms with Gasteiger partial charge >= 0.3 is 0 Å². The largest absolute Gasteiger partial charge is 0.393 e. The van der Waals surface area contributed by atoms with Crippen LogP contribution in [0.15, 0.2) is 18.2 Å². The van der Waals surface area contributed by atoms with Crippen LogP contribution in [-0.2, 0) is 4.79 Å². The number of aliphatic hydroxyl groups excluding tert-OH is 1. The third-order valence-electron chi connectivity index (χ3n) is 4.28. The molecule has 0 saturated heterocycles. The summed E-state index contributed by atoms with van der Waals surface area (Å²) in [5, 5.41) is 14.8. The maximum atomic E-state index is 13.5. The molecular formula is C18H25FN2O3. The Bertz CT molecular complexity index is 618. The van der Waals surface area contributed by atoms with E-state index in [1.54, 1.807) is 6.92 Å². The quantitative estimate of drug-likeness (QED) is 0.716. The van der Waals surface area contributed by atoms with Crippen LogP contribution < -0.4 is 10.6 Å². The standard InChI is InChI=1S/C18H25FN2O3/c1-10(6-12(3)22)9-20-17(23)15-8-13(19)4-5-16(15)21-18(24)14-7-11(14)2/h4-5,8,10-12,14,22H,6-7,9H2,1-3H3,(H,20,23)(H,21,24). The number of carbonyl (C=O) groups excluding carboxylic acids is 2. The van der Waals surface area contributed by atoms with Crippen LogP contribution in [0.2, 0.25) is 0 Å². The van der Waals surface area contributed by atoms with E-state index in [1.165, 1.54) is 12.1 Å². The van der Waals surface area contributed by atoms with Crippen molar-refractivity contribution in [1.82, 2.24) is 5.32 Å². The normalized spacial score (nSPS) is 21.7. The molecule has 0 aromatic heterocycles. The molecule has 1 fully saturated rings. The molecule has 0 heterocycles. The first-order chi connectivity index (χ1) is 11.3. The van der Waals surface area contributed by atoms with Gasteiger partial charge in [-0.2, -0.15) is 0 Å². The summed E-state index contributed by atoms with van der Waals surface area (Å²) in [6, 6.07) is 3.76. The van der Waals surface area contributed by atoms with E-state index in [1.807, 2.05) is 13.8 Å². The number of rotatable bonds is 7. The first-order valence-corrected chi connectivity index (χ1v) is 8.34. The number of nitrogens with one attached hydrogen (secondary N) is 2. The maximum Gasteiger partial charge on any atom is 0.253 e. The highest BCUT2D eigenvalue weighted by Gasteiger charge is 2.39. The Morgan fingerprint density at radius 3 is 2.62 bits per heavy atom. The number of carbonyl (C=O) groups is 2. The fraction of sp³-hybridized carbons (Fsp3) is 0.556. The second-order valence-corrected chi connectivity index (χ2v) is 6.90. The summed E-state index contributed by atoms with van der Waals surface area (Å²) in [7, 11) is 0. The molecule has 4 unspecified atom stereocenters. The van der Waals surface area contributed by atoms with Crippen LogP contribution >= 0.6 is 0 Å². The second-order valence-electron chi connectivity index (χ2n) is 6.90. The molecule has 1 aromatic rings. The minimum absolute atomic E-state index is 0.0305. The molecule has 0 radical (unpaired) electrons. The van der Waals surface area contributed by atoms with Crippen molar-refractivity contribution in [3.05, 3.63) is 29.6 Å². The molecule has 5 nitrogen and oxygen atoms in total. The van der Waals surface area contributed by atoms with Crippen LogP contribution in [-0.4, -0.2) is 29.6 Å². The highest BCUT2D eigenvalue weighted by atomic mass is 19.1. The number of hydrogen-bond acceptors (Lipinski definition) is 3. The van der Waals surface area contributed by atoms with E-state index in [9.17, 15) is 19.1 Å². The molecule has 1 saturated carbocycles. The molecule has 1 aliphatic rings. The Hall–Kier alpha value is -1.95. The average molecular weight is 336 g/mol. The van der Waals surface area contributed by atoms with Gasteiger partial charge in [0.25, 0.3) is 5.91 Å². The van der Waals surface area contributed by atoms with Gasteiger partial charge in [-0.05, 0) is 49.8 Å². The summed E-state index contributed by atoms with van der Waals surface area (Å²) >= 11 is 0. The summed E-state index contributed by atoms with van der Waals surface area (Å²) in [5.41, 5.74) is 0.432. The zero-order valence-electron chi connectivity index (χ0n) is 14.3. The molecule has 4 atom stereocenters. The van der Waals surface area contributed by atoms with E-state index in [0.29, 0.717) is 24.6 Å². The molecule has 0 spiro atoms. The highest BCUT2D eigenvalue weighted by Crippen LogP contribution is 2.38. The zero-order chi connectivity index (χ0) is 17.9. The summed E-state index contributed by atoms with van der Waals surface area (Å²) in [5.74, 6) is -0.694. The predicted molar refractivity (Wildman–Crippen MR) is 90.1 cm³/mol. The van der Waals surface area contributed by atoms with Crippen molar-refractivity contribution >= 4 is 17.5 Å². The van der Waals surface area contributed by atoms with Crippen LogP contribution in [0.1, 0.15) is 44.0 Å². The van der Waals surface area contributed by atoms with Crippen molar-refractivity contribution in [1.29, 1.82) is 0 Å². The number of aliphatic hydroxyl groups is 1. The van der Waals surface area contributed by atoms with Crippen molar-refractivity contribution in [2.75, 3.05) is 11.9 Å². The first-order valence-electron chi connectivity index (χ1n) is 8.34. The van der Waals surface area contributed by atoms with Crippen molar-refractivity contribution in [2.45, 2.75) is 39.7 Å². The van der Waals surface area contributed by atoms with E-state index in [-0.39, 0.29) is 23.3 Å². The van der Waals surface area contributed by atoms with Gasteiger partial charge in [0.2, 0.25) is 5.91 Å². The molecule has 1 aliphatic carbocycles. The van der Waals surface area contributed by atoms with Gasteiger partial charge in [-0.1, -0.05) is 13.8 Å². The first kappa shape index (κ1) is 18.4. The lowest BCUT2D eigenvalue weighted by molar-refractivity contribution is -0.117. The molecule has 1 aromatic carbocycles. The predicted octanol–water partition coefficient (Wildman–Crippen LogP) is 2.56. The number of anilines is 1. The van der Waals surface area contributed by atoms with Gasteiger partial charge in [-0.15, -0.1) is 0 Å².